The van der Waals surface area contributed by atoms with Crippen LogP contribution in [0.4, 0.5) is 5.69 Å². The van der Waals surface area contributed by atoms with Crippen LogP contribution in [0.15, 0.2) is 42.6 Å². The predicted octanol–water partition coefficient (Wildman–Crippen LogP) is 3.18. The summed E-state index contributed by atoms with van der Waals surface area (Å²) in [6.07, 6.45) is 2.27. The van der Waals surface area contributed by atoms with Gasteiger partial charge < -0.3 is 14.4 Å². The van der Waals surface area contributed by atoms with E-state index in [1.807, 2.05) is 30.3 Å². The zero-order valence-electron chi connectivity index (χ0n) is 12.7. The van der Waals surface area contributed by atoms with Gasteiger partial charge in [0, 0.05) is 25.4 Å². The number of halogens is 1. The molecular formula is C17H17ClN2O3. The van der Waals surface area contributed by atoms with E-state index in [1.165, 1.54) is 6.20 Å². The number of benzene rings is 1. The number of anilines is 1. The molecule has 1 unspecified atom stereocenters. The largest absolute Gasteiger partial charge is 0.471 e. The Morgan fingerprint density at radius 2 is 2.17 bits per heavy atom. The Bertz CT molecular complexity index is 687. The summed E-state index contributed by atoms with van der Waals surface area (Å²) >= 11 is 6.20. The molecule has 1 aromatic carbocycles. The molecule has 0 N–H and O–H groups in total. The quantitative estimate of drug-likeness (QED) is 0.863. The van der Waals surface area contributed by atoms with Crippen molar-refractivity contribution in [3.63, 3.8) is 0 Å². The molecule has 6 heteroatoms. The molecule has 1 aliphatic rings. The van der Waals surface area contributed by atoms with Gasteiger partial charge in [0.1, 0.15) is 11.1 Å². The van der Waals surface area contributed by atoms with Crippen LogP contribution in [0, 0.1) is 0 Å². The molecule has 23 heavy (non-hydrogen) atoms. The highest BCUT2D eigenvalue weighted by Crippen LogP contribution is 2.26. The third kappa shape index (κ3) is 3.63. The second-order valence-corrected chi connectivity index (χ2v) is 5.72. The lowest BCUT2D eigenvalue weighted by Crippen LogP contribution is -2.26. The van der Waals surface area contributed by atoms with Crippen LogP contribution in [0.2, 0.25) is 5.02 Å². The van der Waals surface area contributed by atoms with E-state index in [9.17, 15) is 4.79 Å². The third-order valence-corrected chi connectivity index (χ3v) is 3.94. The lowest BCUT2D eigenvalue weighted by atomic mass is 10.2. The van der Waals surface area contributed by atoms with Crippen LogP contribution in [0.5, 0.6) is 5.88 Å². The highest BCUT2D eigenvalue weighted by molar-refractivity contribution is 6.32. The Kier molecular flexibility index (Phi) is 4.79. The average molecular weight is 333 g/mol. The van der Waals surface area contributed by atoms with E-state index in [2.05, 4.69) is 4.98 Å². The second-order valence-electron chi connectivity index (χ2n) is 5.31. The first-order valence-electron chi connectivity index (χ1n) is 7.38. The lowest BCUT2D eigenvalue weighted by Gasteiger charge is -2.18. The maximum Gasteiger partial charge on any atom is 0.259 e. The molecule has 120 valence electrons. The molecule has 2 heterocycles. The number of carbonyl (C=O) groups excluding carboxylic acids is 1. The van der Waals surface area contributed by atoms with Crippen molar-refractivity contribution in [2.75, 3.05) is 25.2 Å². The number of rotatable bonds is 4. The van der Waals surface area contributed by atoms with Crippen molar-refractivity contribution >= 4 is 23.2 Å². The Morgan fingerprint density at radius 1 is 1.39 bits per heavy atom. The Balaban J connectivity index is 1.75. The maximum absolute atomic E-state index is 12.5. The molecule has 1 saturated heterocycles. The number of pyridine rings is 1. The summed E-state index contributed by atoms with van der Waals surface area (Å²) in [6, 6.07) is 11.0. The summed E-state index contributed by atoms with van der Waals surface area (Å²) in [7, 11) is 1.71. The summed E-state index contributed by atoms with van der Waals surface area (Å²) in [4.78, 5) is 18.3. The summed E-state index contributed by atoms with van der Waals surface area (Å²) in [5, 5.41) is 0.323. The van der Waals surface area contributed by atoms with Crippen LogP contribution >= 0.6 is 11.6 Å². The number of para-hydroxylation sites is 1. The molecule has 0 radical (unpaired) electrons. The van der Waals surface area contributed by atoms with Gasteiger partial charge in [0.2, 0.25) is 5.88 Å². The number of ether oxygens (including phenoxy) is 2. The molecule has 1 amide bonds. The molecule has 1 aliphatic heterocycles. The van der Waals surface area contributed by atoms with Gasteiger partial charge in [-0.3, -0.25) is 4.79 Å². The van der Waals surface area contributed by atoms with Gasteiger partial charge in [-0.15, -0.1) is 0 Å². The molecule has 0 saturated carbocycles. The average Bonchev–Trinajstić information content (AvgIpc) is 3.09. The highest BCUT2D eigenvalue weighted by Gasteiger charge is 2.21. The molecule has 0 bridgehead atoms. The van der Waals surface area contributed by atoms with E-state index in [0.29, 0.717) is 29.7 Å². The fourth-order valence-corrected chi connectivity index (χ4v) is 2.57. The van der Waals surface area contributed by atoms with Crippen molar-refractivity contribution < 1.29 is 14.3 Å². The highest BCUT2D eigenvalue weighted by atomic mass is 35.5. The van der Waals surface area contributed by atoms with Gasteiger partial charge >= 0.3 is 0 Å². The van der Waals surface area contributed by atoms with Crippen molar-refractivity contribution in [2.24, 2.45) is 0 Å². The minimum absolute atomic E-state index is 0.0338. The molecule has 0 aliphatic carbocycles. The van der Waals surface area contributed by atoms with Gasteiger partial charge in [-0.05, 0) is 18.2 Å². The van der Waals surface area contributed by atoms with Gasteiger partial charge in [-0.25, -0.2) is 4.98 Å². The van der Waals surface area contributed by atoms with E-state index >= 15 is 0 Å². The van der Waals surface area contributed by atoms with Crippen molar-refractivity contribution in [1.29, 1.82) is 0 Å². The second kappa shape index (κ2) is 6.98. The van der Waals surface area contributed by atoms with Gasteiger partial charge in [0.05, 0.1) is 18.8 Å². The maximum atomic E-state index is 12.5. The van der Waals surface area contributed by atoms with Crippen LogP contribution in [0.1, 0.15) is 16.8 Å². The summed E-state index contributed by atoms with van der Waals surface area (Å²) in [5.41, 5.74) is 1.22. The van der Waals surface area contributed by atoms with Crippen LogP contribution in [-0.2, 0) is 4.74 Å². The SMILES string of the molecule is CN(C(=O)c1cnc(OC2CCOC2)c(Cl)c1)c1ccccc1. The molecule has 1 aromatic heterocycles. The number of amides is 1. The number of carbonyl (C=O) groups is 1. The first-order valence-corrected chi connectivity index (χ1v) is 7.76. The molecule has 1 atom stereocenters. The zero-order valence-corrected chi connectivity index (χ0v) is 13.5. The van der Waals surface area contributed by atoms with Gasteiger partial charge in [0.15, 0.2) is 0 Å². The Morgan fingerprint density at radius 3 is 2.83 bits per heavy atom. The van der Waals surface area contributed by atoms with Crippen molar-refractivity contribution in [3.8, 4) is 5.88 Å². The number of aromatic nitrogens is 1. The molecule has 1 fully saturated rings. The molecule has 2 aromatic rings. The third-order valence-electron chi connectivity index (χ3n) is 3.67. The van der Waals surface area contributed by atoms with E-state index in [1.54, 1.807) is 18.0 Å². The molecule has 0 spiro atoms. The number of hydrogen-bond acceptors (Lipinski definition) is 4. The summed E-state index contributed by atoms with van der Waals surface area (Å²) < 4.78 is 10.9. The minimum Gasteiger partial charge on any atom is -0.471 e. The fourth-order valence-electron chi connectivity index (χ4n) is 2.36. The van der Waals surface area contributed by atoms with Gasteiger partial charge in [-0.1, -0.05) is 29.8 Å². The normalized spacial score (nSPS) is 17.0. The van der Waals surface area contributed by atoms with Crippen LogP contribution in [-0.4, -0.2) is 37.3 Å². The number of hydrogen-bond donors (Lipinski definition) is 0. The first-order chi connectivity index (χ1) is 11.1. The van der Waals surface area contributed by atoms with Gasteiger partial charge in [0.25, 0.3) is 5.91 Å². The zero-order chi connectivity index (χ0) is 16.2. The topological polar surface area (TPSA) is 51.7 Å². The summed E-state index contributed by atoms with van der Waals surface area (Å²) in [5.74, 6) is 0.155. The van der Waals surface area contributed by atoms with E-state index < -0.39 is 0 Å². The Labute approximate surface area is 139 Å². The van der Waals surface area contributed by atoms with Crippen molar-refractivity contribution in [2.45, 2.75) is 12.5 Å². The lowest BCUT2D eigenvalue weighted by molar-refractivity contribution is 0.0992. The van der Waals surface area contributed by atoms with E-state index in [0.717, 1.165) is 12.1 Å². The predicted molar refractivity (Wildman–Crippen MR) is 88.3 cm³/mol. The Hall–Kier alpha value is -2.11. The monoisotopic (exact) mass is 332 g/mol. The van der Waals surface area contributed by atoms with Crippen molar-refractivity contribution in [3.05, 3.63) is 53.2 Å². The van der Waals surface area contributed by atoms with Crippen molar-refractivity contribution in [1.82, 2.24) is 4.98 Å². The standard InChI is InChI=1S/C17H17ClN2O3/c1-20(13-5-3-2-4-6-13)17(21)12-9-15(18)16(19-10-12)23-14-7-8-22-11-14/h2-6,9-10,14H,7-8,11H2,1H3. The van der Waals surface area contributed by atoms with E-state index in [4.69, 9.17) is 21.1 Å². The molecule has 5 nitrogen and oxygen atoms in total. The van der Waals surface area contributed by atoms with Gasteiger partial charge in [-0.2, -0.15) is 0 Å². The van der Waals surface area contributed by atoms with Crippen LogP contribution in [0.3, 0.4) is 0 Å². The minimum atomic E-state index is -0.179. The first kappa shape index (κ1) is 15.8. The fraction of sp³-hybridized carbons (Fsp3) is 0.294. The summed E-state index contributed by atoms with van der Waals surface area (Å²) in [6.45, 7) is 1.22. The molecule has 3 rings (SSSR count). The van der Waals surface area contributed by atoms with E-state index in [-0.39, 0.29) is 12.0 Å². The van der Waals surface area contributed by atoms with Crippen LogP contribution < -0.4 is 9.64 Å². The molecular weight excluding hydrogens is 316 g/mol. The van der Waals surface area contributed by atoms with Crippen LogP contribution in [0.25, 0.3) is 0 Å². The smallest absolute Gasteiger partial charge is 0.259 e. The number of nitrogens with zero attached hydrogens (tertiary/aromatic N) is 2.